The first-order chi connectivity index (χ1) is 21.9. The van der Waals surface area contributed by atoms with Crippen LogP contribution in [0.2, 0.25) is 0 Å². The molecule has 0 bridgehead atoms. The zero-order valence-corrected chi connectivity index (χ0v) is 27.2. The number of nitrogens with zero attached hydrogens (tertiary/aromatic N) is 1. The number of carbonyl (C=O) groups excluding carboxylic acids is 2. The van der Waals surface area contributed by atoms with Gasteiger partial charge in [-0.15, -0.1) is 0 Å². The van der Waals surface area contributed by atoms with Crippen molar-refractivity contribution in [3.63, 3.8) is 0 Å². The summed E-state index contributed by atoms with van der Waals surface area (Å²) in [5, 5.41) is 25.6. The molecule has 3 aromatic carbocycles. The number of aliphatic hydroxyl groups excluding tert-OH is 2. The summed E-state index contributed by atoms with van der Waals surface area (Å²) in [5.74, 6) is -0.768. The normalized spacial score (nSPS) is 14.0. The first-order valence-electron chi connectivity index (χ1n) is 15.6. The van der Waals surface area contributed by atoms with Crippen LogP contribution in [0.5, 0.6) is 0 Å². The van der Waals surface area contributed by atoms with Gasteiger partial charge < -0.3 is 25.6 Å². The van der Waals surface area contributed by atoms with Crippen LogP contribution in [0.4, 0.5) is 4.79 Å². The molecule has 0 spiro atoms. The third-order valence-electron chi connectivity index (χ3n) is 7.90. The van der Waals surface area contributed by atoms with Crippen molar-refractivity contribution in [1.82, 2.24) is 14.9 Å². The highest BCUT2D eigenvalue weighted by Gasteiger charge is 2.34. The molecule has 0 radical (unpaired) electrons. The van der Waals surface area contributed by atoms with E-state index < -0.39 is 29.0 Å². The largest absolute Gasteiger partial charge is 0.453 e. The van der Waals surface area contributed by atoms with Crippen LogP contribution < -0.4 is 10.6 Å². The van der Waals surface area contributed by atoms with E-state index in [0.717, 1.165) is 23.1 Å². The van der Waals surface area contributed by atoms with Crippen molar-refractivity contribution in [3.8, 4) is 0 Å². The molecule has 4 N–H and O–H groups in total. The van der Waals surface area contributed by atoms with E-state index in [1.54, 1.807) is 24.3 Å². The molecule has 0 heterocycles. The summed E-state index contributed by atoms with van der Waals surface area (Å²) in [6.07, 6.45) is 2.65. The van der Waals surface area contributed by atoms with Gasteiger partial charge >= 0.3 is 6.09 Å². The second-order valence-electron chi connectivity index (χ2n) is 11.0. The summed E-state index contributed by atoms with van der Waals surface area (Å²) in [4.78, 5) is 27.0. The molecular formula is C35H47N3O6S. The fraction of sp³-hybridized carbons (Fsp3) is 0.429. The van der Waals surface area contributed by atoms with E-state index in [4.69, 9.17) is 4.74 Å². The molecule has 0 aliphatic carbocycles. The Hall–Kier alpha value is -3.57. The Balaban J connectivity index is 1.73. The Labute approximate surface area is 269 Å². The SMILES string of the molecule is CCCN(C(CO)CCCC(CC)NC(=O)C(NC(=O)OC)C(c1ccccc1)c1ccccc1)S(=O)c1ccc(CO)cc1. The van der Waals surface area contributed by atoms with Gasteiger partial charge in [-0.25, -0.2) is 13.3 Å². The molecule has 45 heavy (non-hydrogen) atoms. The number of ether oxygens (including phenoxy) is 1. The third kappa shape index (κ3) is 10.5. The Kier molecular flexibility index (Phi) is 15.2. The fourth-order valence-corrected chi connectivity index (χ4v) is 6.88. The van der Waals surface area contributed by atoms with Crippen LogP contribution in [0.25, 0.3) is 0 Å². The number of alkyl carbamates (subject to hydrolysis) is 1. The van der Waals surface area contributed by atoms with Crippen LogP contribution in [-0.2, 0) is 27.1 Å². The number of methoxy groups -OCH3 is 1. The molecule has 0 saturated heterocycles. The first kappa shape index (κ1) is 35.9. The molecule has 2 amide bonds. The van der Waals surface area contributed by atoms with Crippen molar-refractivity contribution in [2.45, 2.75) is 81.5 Å². The highest BCUT2D eigenvalue weighted by molar-refractivity contribution is 7.82. The van der Waals surface area contributed by atoms with E-state index in [-0.39, 0.29) is 31.2 Å². The number of rotatable bonds is 18. The minimum absolute atomic E-state index is 0.0847. The summed E-state index contributed by atoms with van der Waals surface area (Å²) in [6.45, 7) is 4.32. The number of amides is 2. The molecule has 244 valence electrons. The Morgan fingerprint density at radius 2 is 1.47 bits per heavy atom. The average Bonchev–Trinajstić information content (AvgIpc) is 3.09. The van der Waals surface area contributed by atoms with Crippen molar-refractivity contribution in [1.29, 1.82) is 0 Å². The van der Waals surface area contributed by atoms with Gasteiger partial charge in [0.25, 0.3) is 0 Å². The Bertz CT molecular complexity index is 1290. The molecule has 0 fully saturated rings. The van der Waals surface area contributed by atoms with Crippen LogP contribution >= 0.6 is 0 Å². The predicted molar refractivity (Wildman–Crippen MR) is 177 cm³/mol. The number of hydrogen-bond donors (Lipinski definition) is 4. The molecule has 4 unspecified atom stereocenters. The molecule has 4 atom stereocenters. The van der Waals surface area contributed by atoms with Crippen molar-refractivity contribution >= 4 is 23.0 Å². The highest BCUT2D eigenvalue weighted by atomic mass is 32.2. The van der Waals surface area contributed by atoms with Gasteiger partial charge in [-0.2, -0.15) is 0 Å². The van der Waals surface area contributed by atoms with Crippen LogP contribution in [0.15, 0.2) is 89.8 Å². The first-order valence-corrected chi connectivity index (χ1v) is 16.7. The van der Waals surface area contributed by atoms with Gasteiger partial charge in [0.05, 0.1) is 25.2 Å². The van der Waals surface area contributed by atoms with Gasteiger partial charge in [-0.1, -0.05) is 86.6 Å². The molecule has 0 aliphatic heterocycles. The second-order valence-corrected chi connectivity index (χ2v) is 12.4. The lowest BCUT2D eigenvalue weighted by atomic mass is 9.84. The van der Waals surface area contributed by atoms with Crippen LogP contribution in [-0.4, -0.2) is 69.1 Å². The standard InChI is InChI=1S/C35H47N3O6S/c1-4-23-38(45(43)31-21-19-26(24-39)20-22-31)30(25-40)18-12-17-29(5-2)36-34(41)33(37-35(42)44-3)32(27-13-8-6-9-14-27)28-15-10-7-11-16-28/h6-11,13-16,19-22,29-30,32-33,39-40H,4-5,12,17-18,23-25H2,1-3H3,(H,36,41)(H,37,42). The fourth-order valence-electron chi connectivity index (χ4n) is 5.45. The molecule has 10 heteroatoms. The maximum Gasteiger partial charge on any atom is 0.407 e. The Morgan fingerprint density at radius 1 is 0.867 bits per heavy atom. The van der Waals surface area contributed by atoms with E-state index in [2.05, 4.69) is 10.6 Å². The monoisotopic (exact) mass is 637 g/mol. The molecule has 0 saturated carbocycles. The van der Waals surface area contributed by atoms with Crippen molar-refractivity contribution in [2.75, 3.05) is 20.3 Å². The number of benzene rings is 3. The van der Waals surface area contributed by atoms with Gasteiger partial charge in [-0.05, 0) is 60.9 Å². The summed E-state index contributed by atoms with van der Waals surface area (Å²) >= 11 is 0. The molecule has 3 rings (SSSR count). The van der Waals surface area contributed by atoms with Gasteiger partial charge in [0.1, 0.15) is 17.0 Å². The zero-order valence-electron chi connectivity index (χ0n) is 26.4. The van der Waals surface area contributed by atoms with E-state index in [9.17, 15) is 24.0 Å². The van der Waals surface area contributed by atoms with Crippen LogP contribution in [0, 0.1) is 0 Å². The maximum absolute atomic E-state index is 13.9. The minimum atomic E-state index is -1.47. The van der Waals surface area contributed by atoms with Gasteiger partial charge in [0.2, 0.25) is 5.91 Å². The molecule has 9 nitrogen and oxygen atoms in total. The smallest absolute Gasteiger partial charge is 0.407 e. The number of hydrogen-bond acceptors (Lipinski definition) is 6. The van der Waals surface area contributed by atoms with Gasteiger partial charge in [-0.3, -0.25) is 4.79 Å². The highest BCUT2D eigenvalue weighted by Crippen LogP contribution is 2.29. The van der Waals surface area contributed by atoms with E-state index in [1.165, 1.54) is 7.11 Å². The van der Waals surface area contributed by atoms with Crippen LogP contribution in [0.1, 0.15) is 68.6 Å². The van der Waals surface area contributed by atoms with Gasteiger partial charge in [0, 0.05) is 24.5 Å². The van der Waals surface area contributed by atoms with Crippen molar-refractivity contribution in [3.05, 3.63) is 102 Å². The number of aliphatic hydroxyl groups is 2. The number of nitrogens with one attached hydrogen (secondary N) is 2. The van der Waals surface area contributed by atoms with Crippen molar-refractivity contribution < 1.29 is 28.7 Å². The predicted octanol–water partition coefficient (Wildman–Crippen LogP) is 4.90. The average molecular weight is 638 g/mol. The number of carbonyl (C=O) groups is 2. The second kappa shape index (κ2) is 19.1. The van der Waals surface area contributed by atoms with Gasteiger partial charge in [0.15, 0.2) is 0 Å². The summed E-state index contributed by atoms with van der Waals surface area (Å²) < 4.78 is 20.2. The third-order valence-corrected chi connectivity index (χ3v) is 9.49. The lowest BCUT2D eigenvalue weighted by molar-refractivity contribution is -0.124. The van der Waals surface area contributed by atoms with E-state index in [1.807, 2.05) is 78.8 Å². The topological polar surface area (TPSA) is 128 Å². The lowest BCUT2D eigenvalue weighted by Crippen LogP contribution is -2.52. The Morgan fingerprint density at radius 3 is 1.96 bits per heavy atom. The summed E-state index contributed by atoms with van der Waals surface area (Å²) in [6, 6.07) is 24.8. The van der Waals surface area contributed by atoms with E-state index in [0.29, 0.717) is 37.1 Å². The quantitative estimate of drug-likeness (QED) is 0.157. The molecular weight excluding hydrogens is 590 g/mol. The van der Waals surface area contributed by atoms with E-state index >= 15 is 0 Å². The van der Waals surface area contributed by atoms with Crippen molar-refractivity contribution in [2.24, 2.45) is 0 Å². The summed E-state index contributed by atoms with van der Waals surface area (Å²) in [5.41, 5.74) is 2.51. The zero-order chi connectivity index (χ0) is 32.6. The maximum atomic E-state index is 13.9. The molecule has 0 aliphatic rings. The molecule has 3 aromatic rings. The minimum Gasteiger partial charge on any atom is -0.453 e. The summed E-state index contributed by atoms with van der Waals surface area (Å²) in [7, 11) is -0.198. The van der Waals surface area contributed by atoms with Crippen LogP contribution in [0.3, 0.4) is 0 Å². The lowest BCUT2D eigenvalue weighted by Gasteiger charge is -2.31. The molecule has 0 aromatic heterocycles.